The Balaban J connectivity index is 2.38. The second-order valence-electron chi connectivity index (χ2n) is 4.28. The van der Waals surface area contributed by atoms with Gasteiger partial charge in [0, 0.05) is 24.3 Å². The van der Waals surface area contributed by atoms with Crippen LogP contribution in [0.2, 0.25) is 0 Å². The lowest BCUT2D eigenvalue weighted by atomic mass is 10.1. The fourth-order valence-electron chi connectivity index (χ4n) is 2.03. The Kier molecular flexibility index (Phi) is 4.93. The number of alkyl halides is 1. The summed E-state index contributed by atoms with van der Waals surface area (Å²) < 4.78 is 0. The van der Waals surface area contributed by atoms with Gasteiger partial charge in [-0.1, -0.05) is 36.2 Å². The molecular weight excluding hydrogens is 242 g/mol. The summed E-state index contributed by atoms with van der Waals surface area (Å²) in [5.74, 6) is 1.25. The van der Waals surface area contributed by atoms with Crippen LogP contribution in [0.15, 0.2) is 0 Å². The van der Waals surface area contributed by atoms with Crippen molar-refractivity contribution >= 4 is 21.8 Å². The van der Waals surface area contributed by atoms with Crippen molar-refractivity contribution in [1.82, 2.24) is 4.90 Å². The molecule has 0 saturated carbocycles. The highest BCUT2D eigenvalue weighted by Crippen LogP contribution is 2.21. The number of nitrogens with zero attached hydrogens (tertiary/aromatic N) is 1. The van der Waals surface area contributed by atoms with Crippen molar-refractivity contribution in [3.63, 3.8) is 0 Å². The average Bonchev–Trinajstić information content (AvgIpc) is 2.65. The van der Waals surface area contributed by atoms with Gasteiger partial charge in [-0.15, -0.1) is 0 Å². The van der Waals surface area contributed by atoms with Crippen molar-refractivity contribution in [2.45, 2.75) is 33.1 Å². The van der Waals surface area contributed by atoms with E-state index >= 15 is 0 Å². The highest BCUT2D eigenvalue weighted by molar-refractivity contribution is 9.09. The summed E-state index contributed by atoms with van der Waals surface area (Å²) in [6.07, 6.45) is 3.28. The Morgan fingerprint density at radius 2 is 2.36 bits per heavy atom. The summed E-state index contributed by atoms with van der Waals surface area (Å²) >= 11 is 3.48. The van der Waals surface area contributed by atoms with Crippen LogP contribution >= 0.6 is 15.9 Å². The Hall–Kier alpha value is -0.0500. The molecule has 1 heterocycles. The summed E-state index contributed by atoms with van der Waals surface area (Å²) in [5.41, 5.74) is 0. The molecule has 1 rings (SSSR count). The highest BCUT2D eigenvalue weighted by atomic mass is 79.9. The summed E-state index contributed by atoms with van der Waals surface area (Å²) in [6.45, 7) is 6.10. The van der Waals surface area contributed by atoms with Gasteiger partial charge in [0.05, 0.1) is 0 Å². The molecule has 0 aromatic carbocycles. The van der Waals surface area contributed by atoms with Gasteiger partial charge < -0.3 is 4.90 Å². The monoisotopic (exact) mass is 261 g/mol. The van der Waals surface area contributed by atoms with Gasteiger partial charge in [0.1, 0.15) is 0 Å². The maximum Gasteiger partial charge on any atom is 0.225 e. The Morgan fingerprint density at radius 1 is 1.64 bits per heavy atom. The highest BCUT2D eigenvalue weighted by Gasteiger charge is 2.27. The van der Waals surface area contributed by atoms with Crippen LogP contribution in [-0.4, -0.2) is 29.2 Å². The number of hydrogen-bond acceptors (Lipinski definition) is 1. The van der Waals surface area contributed by atoms with Crippen molar-refractivity contribution in [3.05, 3.63) is 0 Å². The van der Waals surface area contributed by atoms with E-state index in [1.807, 2.05) is 11.8 Å². The normalized spacial score (nSPS) is 23.9. The lowest BCUT2D eigenvalue weighted by Crippen LogP contribution is -2.33. The van der Waals surface area contributed by atoms with Crippen LogP contribution in [-0.2, 0) is 4.79 Å². The first-order chi connectivity index (χ1) is 6.69. The molecule has 3 heteroatoms. The van der Waals surface area contributed by atoms with Gasteiger partial charge in [-0.3, -0.25) is 4.79 Å². The zero-order chi connectivity index (χ0) is 10.6. The molecule has 2 nitrogen and oxygen atoms in total. The number of amides is 1. The molecule has 1 aliphatic heterocycles. The van der Waals surface area contributed by atoms with E-state index in [9.17, 15) is 4.79 Å². The van der Waals surface area contributed by atoms with E-state index in [4.69, 9.17) is 0 Å². The maximum absolute atomic E-state index is 11.9. The van der Waals surface area contributed by atoms with Crippen LogP contribution in [0.3, 0.4) is 0 Å². The largest absolute Gasteiger partial charge is 0.342 e. The molecule has 0 aromatic rings. The molecule has 0 aliphatic carbocycles. The zero-order valence-corrected chi connectivity index (χ0v) is 10.7. The van der Waals surface area contributed by atoms with Gasteiger partial charge in [-0.05, 0) is 18.8 Å². The average molecular weight is 262 g/mol. The van der Waals surface area contributed by atoms with Crippen LogP contribution in [0, 0.1) is 11.8 Å². The molecule has 0 aromatic heterocycles. The van der Waals surface area contributed by atoms with Crippen LogP contribution in [0.4, 0.5) is 0 Å². The third-order valence-corrected chi connectivity index (χ3v) is 3.87. The topological polar surface area (TPSA) is 20.3 Å². The van der Waals surface area contributed by atoms with Gasteiger partial charge in [0.2, 0.25) is 5.91 Å². The van der Waals surface area contributed by atoms with Crippen molar-refractivity contribution in [2.75, 3.05) is 18.4 Å². The van der Waals surface area contributed by atoms with E-state index in [0.29, 0.717) is 11.8 Å². The zero-order valence-electron chi connectivity index (χ0n) is 9.13. The fraction of sp³-hybridized carbons (Fsp3) is 0.909. The molecular formula is C11H20BrNO. The third kappa shape index (κ3) is 2.97. The number of hydrogen-bond donors (Lipinski definition) is 0. The van der Waals surface area contributed by atoms with Crippen molar-refractivity contribution in [2.24, 2.45) is 11.8 Å². The quantitative estimate of drug-likeness (QED) is 0.713. The number of likely N-dealkylation sites (tertiary alicyclic amines) is 1. The van der Waals surface area contributed by atoms with Gasteiger partial charge in [0.25, 0.3) is 0 Å². The lowest BCUT2D eigenvalue weighted by molar-refractivity contribution is -0.134. The van der Waals surface area contributed by atoms with E-state index in [-0.39, 0.29) is 5.92 Å². The van der Waals surface area contributed by atoms with Gasteiger partial charge in [-0.25, -0.2) is 0 Å². The Morgan fingerprint density at radius 3 is 2.86 bits per heavy atom. The molecule has 82 valence electrons. The van der Waals surface area contributed by atoms with Crippen LogP contribution < -0.4 is 0 Å². The molecule has 0 spiro atoms. The number of rotatable bonds is 4. The van der Waals surface area contributed by atoms with Crippen molar-refractivity contribution in [3.8, 4) is 0 Å². The molecule has 2 atom stereocenters. The summed E-state index contributed by atoms with van der Waals surface area (Å²) in [4.78, 5) is 13.9. The molecule has 1 saturated heterocycles. The minimum atomic E-state index is 0.217. The summed E-state index contributed by atoms with van der Waals surface area (Å²) in [6, 6.07) is 0. The first kappa shape index (κ1) is 12.0. The second kappa shape index (κ2) is 5.74. The molecule has 0 radical (unpaired) electrons. The summed E-state index contributed by atoms with van der Waals surface area (Å²) in [5, 5.41) is 1.03. The van der Waals surface area contributed by atoms with Gasteiger partial charge >= 0.3 is 0 Å². The first-order valence-electron chi connectivity index (χ1n) is 5.53. The Labute approximate surface area is 95.2 Å². The number of halogens is 1. The molecule has 0 bridgehead atoms. The Bertz CT molecular complexity index is 196. The van der Waals surface area contributed by atoms with Gasteiger partial charge in [0.15, 0.2) is 0 Å². The number of carbonyl (C=O) groups excluding carboxylic acids is 1. The fourth-order valence-corrected chi connectivity index (χ4v) is 2.56. The molecule has 2 unspecified atom stereocenters. The first-order valence-corrected chi connectivity index (χ1v) is 6.66. The third-order valence-electron chi connectivity index (χ3n) is 2.96. The molecule has 14 heavy (non-hydrogen) atoms. The van der Waals surface area contributed by atoms with Crippen LogP contribution in [0.5, 0.6) is 0 Å². The molecule has 1 amide bonds. The van der Waals surface area contributed by atoms with E-state index in [1.165, 1.54) is 0 Å². The van der Waals surface area contributed by atoms with Crippen molar-refractivity contribution < 1.29 is 4.79 Å². The van der Waals surface area contributed by atoms with E-state index in [0.717, 1.165) is 37.7 Å². The van der Waals surface area contributed by atoms with Gasteiger partial charge in [-0.2, -0.15) is 0 Å². The maximum atomic E-state index is 11.9. The smallest absolute Gasteiger partial charge is 0.225 e. The molecule has 1 aliphatic rings. The predicted octanol–water partition coefficient (Wildman–Crippen LogP) is 2.67. The standard InChI is InChI=1S/C11H20BrNO/c1-3-4-9(2)11(14)13-6-5-10(7-12)8-13/h9-10H,3-8H2,1-2H3. The van der Waals surface area contributed by atoms with E-state index in [1.54, 1.807) is 0 Å². The molecule has 0 N–H and O–H groups in total. The lowest BCUT2D eigenvalue weighted by Gasteiger charge is -2.20. The minimum absolute atomic E-state index is 0.217. The predicted molar refractivity (Wildman–Crippen MR) is 62.6 cm³/mol. The molecule has 1 fully saturated rings. The minimum Gasteiger partial charge on any atom is -0.342 e. The SMILES string of the molecule is CCCC(C)C(=O)N1CCC(CBr)C1. The second-order valence-corrected chi connectivity index (χ2v) is 4.93. The van der Waals surface area contributed by atoms with E-state index in [2.05, 4.69) is 22.9 Å². The number of carbonyl (C=O) groups is 1. The van der Waals surface area contributed by atoms with E-state index < -0.39 is 0 Å². The van der Waals surface area contributed by atoms with Crippen molar-refractivity contribution in [1.29, 1.82) is 0 Å². The van der Waals surface area contributed by atoms with Crippen LogP contribution in [0.1, 0.15) is 33.1 Å². The summed E-state index contributed by atoms with van der Waals surface area (Å²) in [7, 11) is 0. The van der Waals surface area contributed by atoms with Crippen LogP contribution in [0.25, 0.3) is 0 Å².